The van der Waals surface area contributed by atoms with E-state index in [2.05, 4.69) is 25.5 Å². The number of carbonyl (C=O) groups excluding carboxylic acids is 1. The summed E-state index contributed by atoms with van der Waals surface area (Å²) in [7, 11) is 1.65. The monoisotopic (exact) mass is 405 g/mol. The summed E-state index contributed by atoms with van der Waals surface area (Å²) >= 11 is 0. The van der Waals surface area contributed by atoms with Gasteiger partial charge in [-0.05, 0) is 49.6 Å². The molecule has 2 heterocycles. The van der Waals surface area contributed by atoms with E-state index in [0.29, 0.717) is 11.6 Å². The van der Waals surface area contributed by atoms with Gasteiger partial charge < -0.3 is 10.1 Å². The van der Waals surface area contributed by atoms with E-state index in [4.69, 9.17) is 4.74 Å². The van der Waals surface area contributed by atoms with Crippen LogP contribution in [0.4, 0.5) is 0 Å². The number of rotatable bonds is 6. The molecule has 2 N–H and O–H groups in total. The molecule has 30 heavy (non-hydrogen) atoms. The van der Waals surface area contributed by atoms with Crippen molar-refractivity contribution in [2.45, 2.75) is 50.5 Å². The summed E-state index contributed by atoms with van der Waals surface area (Å²) in [6.07, 6.45) is 8.35. The molecule has 0 aliphatic heterocycles. The molecule has 0 bridgehead atoms. The second kappa shape index (κ2) is 8.65. The molecule has 4 rings (SSSR count). The van der Waals surface area contributed by atoms with Crippen LogP contribution in [0, 0.1) is 0 Å². The molecule has 156 valence electrons. The van der Waals surface area contributed by atoms with Crippen LogP contribution in [0.5, 0.6) is 5.75 Å². The molecular formula is C23H27N5O2. The number of aromatic nitrogens is 4. The van der Waals surface area contributed by atoms with Gasteiger partial charge in [-0.3, -0.25) is 14.9 Å². The van der Waals surface area contributed by atoms with Gasteiger partial charge in [-0.2, -0.15) is 5.10 Å². The van der Waals surface area contributed by atoms with Gasteiger partial charge in [-0.15, -0.1) is 0 Å². The Hall–Kier alpha value is -3.22. The van der Waals surface area contributed by atoms with E-state index in [-0.39, 0.29) is 11.9 Å². The molecule has 0 saturated heterocycles. The fourth-order valence-corrected chi connectivity index (χ4v) is 4.21. The third-order valence-electron chi connectivity index (χ3n) is 5.98. The zero-order valence-electron chi connectivity index (χ0n) is 17.4. The molecule has 1 amide bonds. The lowest BCUT2D eigenvalue weighted by Gasteiger charge is -2.37. The highest BCUT2D eigenvalue weighted by Gasteiger charge is 2.41. The Kier molecular flexibility index (Phi) is 5.79. The number of pyridine rings is 1. The summed E-state index contributed by atoms with van der Waals surface area (Å²) in [6, 6.07) is 11.3. The number of nitrogens with one attached hydrogen (secondary N) is 2. The normalized spacial score (nSPS) is 16.6. The van der Waals surface area contributed by atoms with Crippen LogP contribution in [0.15, 0.2) is 48.8 Å². The van der Waals surface area contributed by atoms with Gasteiger partial charge >= 0.3 is 0 Å². The third kappa shape index (κ3) is 3.92. The Labute approximate surface area is 176 Å². The average molecular weight is 406 g/mol. The van der Waals surface area contributed by atoms with Crippen LogP contribution in [0.1, 0.15) is 56.5 Å². The van der Waals surface area contributed by atoms with E-state index >= 15 is 0 Å². The number of methoxy groups -OCH3 is 1. The van der Waals surface area contributed by atoms with E-state index in [9.17, 15) is 4.79 Å². The van der Waals surface area contributed by atoms with Crippen LogP contribution in [0.25, 0.3) is 11.4 Å². The molecule has 1 fully saturated rings. The summed E-state index contributed by atoms with van der Waals surface area (Å²) in [6.45, 7) is 1.93. The van der Waals surface area contributed by atoms with Crippen LogP contribution in [0.3, 0.4) is 0 Å². The topological polar surface area (TPSA) is 92.8 Å². The van der Waals surface area contributed by atoms with Gasteiger partial charge in [0.05, 0.1) is 18.6 Å². The summed E-state index contributed by atoms with van der Waals surface area (Å²) < 4.78 is 5.29. The number of hydrogen-bond donors (Lipinski definition) is 2. The van der Waals surface area contributed by atoms with Gasteiger partial charge in [0.2, 0.25) is 5.91 Å². The first-order chi connectivity index (χ1) is 14.6. The number of hydrogen-bond acceptors (Lipinski definition) is 5. The molecule has 1 aliphatic rings. The first-order valence-electron chi connectivity index (χ1n) is 10.4. The SMILES string of the molecule is COc1ccc(C2(C(=O)NC(C)c3nc(-c4ccncc4)n[nH]3)CCCCC2)cc1. The van der Waals surface area contributed by atoms with Crippen molar-refractivity contribution in [1.29, 1.82) is 0 Å². The standard InChI is InChI=1S/C23H27N5O2/c1-16(20-26-21(28-27-20)17-10-14-24-15-11-17)25-22(29)23(12-4-3-5-13-23)18-6-8-19(30-2)9-7-18/h6-11,14-16H,3-5,12-13H2,1-2H3,(H,25,29)(H,26,27,28). The fourth-order valence-electron chi connectivity index (χ4n) is 4.21. The van der Waals surface area contributed by atoms with Gasteiger partial charge in [-0.25, -0.2) is 4.98 Å². The second-order valence-electron chi connectivity index (χ2n) is 7.85. The molecule has 7 heteroatoms. The van der Waals surface area contributed by atoms with Crippen molar-refractivity contribution < 1.29 is 9.53 Å². The second-order valence-corrected chi connectivity index (χ2v) is 7.85. The number of H-pyrrole nitrogens is 1. The number of aromatic amines is 1. The molecule has 1 atom stereocenters. The van der Waals surface area contributed by atoms with Gasteiger partial charge in [-0.1, -0.05) is 31.4 Å². The van der Waals surface area contributed by atoms with E-state index in [0.717, 1.165) is 49.0 Å². The van der Waals surface area contributed by atoms with Crippen LogP contribution < -0.4 is 10.1 Å². The Morgan fingerprint density at radius 3 is 2.47 bits per heavy atom. The minimum Gasteiger partial charge on any atom is -0.497 e. The van der Waals surface area contributed by atoms with E-state index in [1.165, 1.54) is 0 Å². The van der Waals surface area contributed by atoms with Crippen LogP contribution in [0.2, 0.25) is 0 Å². The highest BCUT2D eigenvalue weighted by Crippen LogP contribution is 2.40. The lowest BCUT2D eigenvalue weighted by atomic mass is 9.68. The quantitative estimate of drug-likeness (QED) is 0.648. The lowest BCUT2D eigenvalue weighted by Crippen LogP contribution is -2.46. The van der Waals surface area contributed by atoms with Gasteiger partial charge in [0.1, 0.15) is 11.6 Å². The fraction of sp³-hybridized carbons (Fsp3) is 0.391. The molecule has 0 radical (unpaired) electrons. The predicted octanol–water partition coefficient (Wildman–Crippen LogP) is 3.95. The number of nitrogens with zero attached hydrogens (tertiary/aromatic N) is 3. The van der Waals surface area contributed by atoms with Crippen LogP contribution in [-0.4, -0.2) is 33.2 Å². The third-order valence-corrected chi connectivity index (χ3v) is 5.98. The van der Waals surface area contributed by atoms with Crippen molar-refractivity contribution in [3.8, 4) is 17.1 Å². The summed E-state index contributed by atoms with van der Waals surface area (Å²) in [4.78, 5) is 22.1. The van der Waals surface area contributed by atoms with E-state index in [1.54, 1.807) is 19.5 Å². The van der Waals surface area contributed by atoms with E-state index in [1.807, 2.05) is 43.3 Å². The van der Waals surface area contributed by atoms with Crippen molar-refractivity contribution >= 4 is 5.91 Å². The minimum absolute atomic E-state index is 0.0433. The first-order valence-corrected chi connectivity index (χ1v) is 10.4. The summed E-state index contributed by atoms with van der Waals surface area (Å²) in [5, 5.41) is 10.4. The maximum Gasteiger partial charge on any atom is 0.231 e. The Balaban J connectivity index is 1.54. The van der Waals surface area contributed by atoms with E-state index < -0.39 is 5.41 Å². The largest absolute Gasteiger partial charge is 0.497 e. The molecular weight excluding hydrogens is 378 g/mol. The van der Waals surface area contributed by atoms with Gasteiger partial charge in [0.25, 0.3) is 0 Å². The van der Waals surface area contributed by atoms with Crippen molar-refractivity contribution in [2.24, 2.45) is 0 Å². The number of carbonyl (C=O) groups is 1. The van der Waals surface area contributed by atoms with Crippen LogP contribution in [-0.2, 0) is 10.2 Å². The molecule has 1 aromatic carbocycles. The zero-order chi connectivity index (χ0) is 21.0. The number of benzene rings is 1. The highest BCUT2D eigenvalue weighted by molar-refractivity contribution is 5.88. The molecule has 1 aliphatic carbocycles. The van der Waals surface area contributed by atoms with Crippen molar-refractivity contribution in [3.05, 3.63) is 60.2 Å². The molecule has 3 aromatic rings. The first kappa shape index (κ1) is 20.1. The average Bonchev–Trinajstić information content (AvgIpc) is 3.31. The maximum atomic E-state index is 13.5. The van der Waals surface area contributed by atoms with Crippen molar-refractivity contribution in [2.75, 3.05) is 7.11 Å². The summed E-state index contributed by atoms with van der Waals surface area (Å²) in [5.41, 5.74) is 1.41. The molecule has 7 nitrogen and oxygen atoms in total. The predicted molar refractivity (Wildman–Crippen MR) is 114 cm³/mol. The molecule has 0 spiro atoms. The molecule has 2 aromatic heterocycles. The van der Waals surface area contributed by atoms with Crippen molar-refractivity contribution in [1.82, 2.24) is 25.5 Å². The smallest absolute Gasteiger partial charge is 0.231 e. The lowest BCUT2D eigenvalue weighted by molar-refractivity contribution is -0.128. The maximum absolute atomic E-state index is 13.5. The van der Waals surface area contributed by atoms with Gasteiger partial charge in [0.15, 0.2) is 5.82 Å². The zero-order valence-corrected chi connectivity index (χ0v) is 17.4. The summed E-state index contributed by atoms with van der Waals surface area (Å²) in [5.74, 6) is 2.07. The van der Waals surface area contributed by atoms with Gasteiger partial charge in [0, 0.05) is 18.0 Å². The Morgan fingerprint density at radius 1 is 1.10 bits per heavy atom. The Morgan fingerprint density at radius 2 is 1.80 bits per heavy atom. The number of ether oxygens (including phenoxy) is 1. The molecule has 1 saturated carbocycles. The van der Waals surface area contributed by atoms with Crippen LogP contribution >= 0.6 is 0 Å². The van der Waals surface area contributed by atoms with Crippen molar-refractivity contribution in [3.63, 3.8) is 0 Å². The Bertz CT molecular complexity index is 978. The molecule has 1 unspecified atom stereocenters. The minimum atomic E-state index is -0.521. The number of amides is 1. The highest BCUT2D eigenvalue weighted by atomic mass is 16.5.